The first-order valence-corrected chi connectivity index (χ1v) is 9.88. The van der Waals surface area contributed by atoms with E-state index >= 15 is 0 Å². The quantitative estimate of drug-likeness (QED) is 0.716. The monoisotopic (exact) mass is 370 g/mol. The smallest absolute Gasteiger partial charge is 0.278 e. The van der Waals surface area contributed by atoms with Crippen LogP contribution < -0.4 is 14.5 Å². The fourth-order valence-corrected chi connectivity index (χ4v) is 3.20. The van der Waals surface area contributed by atoms with Crippen LogP contribution in [-0.4, -0.2) is 58.9 Å². The minimum atomic E-state index is -3.50. The number of rotatable bonds is 9. The van der Waals surface area contributed by atoms with Gasteiger partial charge in [-0.25, -0.2) is 4.72 Å². The second kappa shape index (κ2) is 9.17. The maximum absolute atomic E-state index is 12.0. The van der Waals surface area contributed by atoms with E-state index in [9.17, 15) is 13.2 Å². The summed E-state index contributed by atoms with van der Waals surface area (Å²) in [4.78, 5) is 15.9. The van der Waals surface area contributed by atoms with Crippen LogP contribution in [0.15, 0.2) is 18.2 Å². The van der Waals surface area contributed by atoms with Crippen LogP contribution in [0, 0.1) is 6.92 Å². The van der Waals surface area contributed by atoms with Crippen molar-refractivity contribution < 1.29 is 13.2 Å². The van der Waals surface area contributed by atoms with E-state index in [1.807, 2.05) is 19.1 Å². The van der Waals surface area contributed by atoms with Crippen molar-refractivity contribution in [2.24, 2.45) is 0 Å². The maximum atomic E-state index is 12.0. The van der Waals surface area contributed by atoms with Gasteiger partial charge >= 0.3 is 0 Å². The lowest BCUT2D eigenvalue weighted by Crippen LogP contribution is -2.41. The molecule has 1 amide bonds. The van der Waals surface area contributed by atoms with Crippen LogP contribution in [0.2, 0.25) is 0 Å². The van der Waals surface area contributed by atoms with Crippen LogP contribution in [0.4, 0.5) is 11.4 Å². The molecular formula is C17H30N4O3S. The minimum Gasteiger partial charge on any atom is -0.372 e. The highest BCUT2D eigenvalue weighted by molar-refractivity contribution is 7.87. The average molecular weight is 371 g/mol. The lowest BCUT2D eigenvalue weighted by Gasteiger charge is -2.26. The molecular weight excluding hydrogens is 340 g/mol. The van der Waals surface area contributed by atoms with E-state index in [0.29, 0.717) is 0 Å². The molecule has 0 aliphatic rings. The van der Waals surface area contributed by atoms with E-state index in [4.69, 9.17) is 0 Å². The van der Waals surface area contributed by atoms with Crippen molar-refractivity contribution >= 4 is 27.5 Å². The Labute approximate surface area is 151 Å². The molecule has 0 heterocycles. The highest BCUT2D eigenvalue weighted by atomic mass is 32.2. The van der Waals surface area contributed by atoms with Gasteiger partial charge in [-0.3, -0.25) is 4.79 Å². The van der Waals surface area contributed by atoms with Gasteiger partial charge in [0.25, 0.3) is 10.2 Å². The molecule has 25 heavy (non-hydrogen) atoms. The van der Waals surface area contributed by atoms with E-state index in [1.54, 1.807) is 4.90 Å². The fraction of sp³-hybridized carbons (Fsp3) is 0.588. The standard InChI is InChI=1S/C17H30N4O3S/c1-7-20(8-2)16-9-10-17(14(3)13-16)21(15(4)22)12-11-18-25(23,24)19(5)6/h9-10,13,18H,7-8,11-12H2,1-6H3. The van der Waals surface area contributed by atoms with Crippen molar-refractivity contribution in [2.45, 2.75) is 27.7 Å². The number of nitrogens with one attached hydrogen (secondary N) is 1. The molecule has 0 radical (unpaired) electrons. The predicted octanol–water partition coefficient (Wildman–Crippen LogP) is 1.59. The number of nitrogens with zero attached hydrogens (tertiary/aromatic N) is 3. The molecule has 0 bridgehead atoms. The summed E-state index contributed by atoms with van der Waals surface area (Å²) in [7, 11) is -0.579. The summed E-state index contributed by atoms with van der Waals surface area (Å²) in [5, 5.41) is 0. The highest BCUT2D eigenvalue weighted by Crippen LogP contribution is 2.25. The Kier molecular flexibility index (Phi) is 7.85. The molecule has 0 unspecified atom stereocenters. The molecule has 0 aliphatic heterocycles. The number of hydrogen-bond acceptors (Lipinski definition) is 4. The molecule has 0 saturated carbocycles. The molecule has 0 spiro atoms. The predicted molar refractivity (Wildman–Crippen MR) is 103 cm³/mol. The van der Waals surface area contributed by atoms with Gasteiger partial charge in [-0.2, -0.15) is 12.7 Å². The topological polar surface area (TPSA) is 73.0 Å². The van der Waals surface area contributed by atoms with Gasteiger partial charge < -0.3 is 9.80 Å². The van der Waals surface area contributed by atoms with Gasteiger partial charge in [0, 0.05) is 58.6 Å². The molecule has 0 aliphatic carbocycles. The molecule has 7 nitrogen and oxygen atoms in total. The Hall–Kier alpha value is -1.64. The number of amides is 1. The Morgan fingerprint density at radius 1 is 1.16 bits per heavy atom. The summed E-state index contributed by atoms with van der Waals surface area (Å²) in [6, 6.07) is 5.97. The minimum absolute atomic E-state index is 0.122. The van der Waals surface area contributed by atoms with Gasteiger partial charge in [0.15, 0.2) is 0 Å². The summed E-state index contributed by atoms with van der Waals surface area (Å²) in [5.74, 6) is -0.122. The molecule has 0 saturated heterocycles. The first-order chi connectivity index (χ1) is 11.6. The Balaban J connectivity index is 2.95. The lowest BCUT2D eigenvalue weighted by atomic mass is 10.1. The van der Waals surface area contributed by atoms with Gasteiger partial charge in [0.05, 0.1) is 0 Å². The number of anilines is 2. The SMILES string of the molecule is CCN(CC)c1ccc(N(CCNS(=O)(=O)N(C)C)C(C)=O)c(C)c1. The maximum Gasteiger partial charge on any atom is 0.278 e. The number of hydrogen-bond donors (Lipinski definition) is 1. The normalized spacial score (nSPS) is 11.6. The fourth-order valence-electron chi connectivity index (χ4n) is 2.59. The Morgan fingerprint density at radius 2 is 1.76 bits per heavy atom. The van der Waals surface area contributed by atoms with Crippen molar-refractivity contribution in [3.8, 4) is 0 Å². The first kappa shape index (κ1) is 21.4. The van der Waals surface area contributed by atoms with Crippen LogP contribution >= 0.6 is 0 Å². The summed E-state index contributed by atoms with van der Waals surface area (Å²) in [5.41, 5.74) is 2.89. The Morgan fingerprint density at radius 3 is 2.20 bits per heavy atom. The van der Waals surface area contributed by atoms with E-state index in [1.165, 1.54) is 21.0 Å². The van der Waals surface area contributed by atoms with Gasteiger partial charge in [0.2, 0.25) is 5.91 Å². The molecule has 142 valence electrons. The van der Waals surface area contributed by atoms with Crippen LogP contribution in [0.3, 0.4) is 0 Å². The van der Waals surface area contributed by atoms with Gasteiger partial charge in [-0.15, -0.1) is 0 Å². The lowest BCUT2D eigenvalue weighted by molar-refractivity contribution is -0.116. The third kappa shape index (κ3) is 5.69. The highest BCUT2D eigenvalue weighted by Gasteiger charge is 2.17. The zero-order chi connectivity index (χ0) is 19.2. The molecule has 1 rings (SSSR count). The van der Waals surface area contributed by atoms with E-state index in [0.717, 1.165) is 34.3 Å². The molecule has 0 aromatic heterocycles. The van der Waals surface area contributed by atoms with Crippen LogP contribution in [0.5, 0.6) is 0 Å². The zero-order valence-corrected chi connectivity index (χ0v) is 16.9. The van der Waals surface area contributed by atoms with Crippen molar-refractivity contribution in [1.82, 2.24) is 9.03 Å². The van der Waals surface area contributed by atoms with Crippen LogP contribution in [0.25, 0.3) is 0 Å². The van der Waals surface area contributed by atoms with Crippen LogP contribution in [-0.2, 0) is 15.0 Å². The van der Waals surface area contributed by atoms with E-state index in [2.05, 4.69) is 29.5 Å². The second-order valence-electron chi connectivity index (χ2n) is 6.00. The van der Waals surface area contributed by atoms with Gasteiger partial charge in [0.1, 0.15) is 0 Å². The average Bonchev–Trinajstić information content (AvgIpc) is 2.53. The molecule has 0 atom stereocenters. The van der Waals surface area contributed by atoms with Crippen molar-refractivity contribution in [3.05, 3.63) is 23.8 Å². The summed E-state index contributed by atoms with van der Waals surface area (Å²) in [6.07, 6.45) is 0. The first-order valence-electron chi connectivity index (χ1n) is 8.44. The van der Waals surface area contributed by atoms with Crippen molar-refractivity contribution in [3.63, 3.8) is 0 Å². The second-order valence-corrected chi connectivity index (χ2v) is 7.96. The molecule has 8 heteroatoms. The molecule has 1 aromatic carbocycles. The number of carbonyl (C=O) groups excluding carboxylic acids is 1. The summed E-state index contributed by atoms with van der Waals surface area (Å²) >= 11 is 0. The van der Waals surface area contributed by atoms with Crippen molar-refractivity contribution in [2.75, 3.05) is 50.1 Å². The van der Waals surface area contributed by atoms with E-state index in [-0.39, 0.29) is 19.0 Å². The summed E-state index contributed by atoms with van der Waals surface area (Å²) < 4.78 is 27.1. The number of carbonyl (C=O) groups is 1. The van der Waals surface area contributed by atoms with E-state index < -0.39 is 10.2 Å². The number of aryl methyl sites for hydroxylation is 1. The molecule has 0 fully saturated rings. The zero-order valence-electron chi connectivity index (χ0n) is 16.0. The molecule has 1 aromatic rings. The number of benzene rings is 1. The van der Waals surface area contributed by atoms with Crippen LogP contribution in [0.1, 0.15) is 26.3 Å². The summed E-state index contributed by atoms with van der Waals surface area (Å²) in [6.45, 7) is 9.90. The molecule has 1 N–H and O–H groups in total. The van der Waals surface area contributed by atoms with Gasteiger partial charge in [-0.05, 0) is 44.5 Å². The van der Waals surface area contributed by atoms with Crippen molar-refractivity contribution in [1.29, 1.82) is 0 Å². The third-order valence-corrected chi connectivity index (χ3v) is 5.61. The third-order valence-electron chi connectivity index (χ3n) is 4.08. The van der Waals surface area contributed by atoms with Gasteiger partial charge in [-0.1, -0.05) is 0 Å². The Bertz CT molecular complexity index is 685. The largest absolute Gasteiger partial charge is 0.372 e.